The second kappa shape index (κ2) is 7.57. The summed E-state index contributed by atoms with van der Waals surface area (Å²) in [5.41, 5.74) is 0.342. The molecule has 0 saturated carbocycles. The van der Waals surface area contributed by atoms with E-state index in [-0.39, 0.29) is 17.9 Å². The SMILES string of the molecule is O=c1[nH]c2ccccc2cc1CNCCNc1ncccc1C(F)(F)F. The van der Waals surface area contributed by atoms with Crippen molar-refractivity contribution >= 4 is 16.7 Å². The molecule has 0 amide bonds. The quantitative estimate of drug-likeness (QED) is 0.589. The largest absolute Gasteiger partial charge is 0.419 e. The van der Waals surface area contributed by atoms with Gasteiger partial charge < -0.3 is 15.6 Å². The van der Waals surface area contributed by atoms with Gasteiger partial charge in [0.15, 0.2) is 0 Å². The standard InChI is InChI=1S/C18H17F3N4O/c19-18(20,21)14-5-3-7-23-16(14)24-9-8-22-11-13-10-12-4-1-2-6-15(12)25-17(13)26/h1-7,10,22H,8-9,11H2,(H,23,24)(H,25,26). The molecule has 5 nitrogen and oxygen atoms in total. The molecule has 0 atom stereocenters. The van der Waals surface area contributed by atoms with Crippen LogP contribution in [0.3, 0.4) is 0 Å². The zero-order valence-electron chi connectivity index (χ0n) is 13.7. The van der Waals surface area contributed by atoms with E-state index < -0.39 is 11.7 Å². The topological polar surface area (TPSA) is 69.8 Å². The Labute approximate surface area is 147 Å². The summed E-state index contributed by atoms with van der Waals surface area (Å²) < 4.78 is 38.7. The first kappa shape index (κ1) is 17.9. The fraction of sp³-hybridized carbons (Fsp3) is 0.222. The van der Waals surface area contributed by atoms with Gasteiger partial charge in [-0.3, -0.25) is 4.79 Å². The highest BCUT2D eigenvalue weighted by Crippen LogP contribution is 2.33. The molecule has 3 N–H and O–H groups in total. The monoisotopic (exact) mass is 362 g/mol. The Bertz CT molecular complexity index is 953. The van der Waals surface area contributed by atoms with Crippen LogP contribution in [0.5, 0.6) is 0 Å². The second-order valence-corrected chi connectivity index (χ2v) is 5.71. The van der Waals surface area contributed by atoms with Gasteiger partial charge in [-0.1, -0.05) is 18.2 Å². The summed E-state index contributed by atoms with van der Waals surface area (Å²) in [4.78, 5) is 18.6. The van der Waals surface area contributed by atoms with E-state index in [1.807, 2.05) is 24.3 Å². The lowest BCUT2D eigenvalue weighted by Gasteiger charge is -2.13. The minimum absolute atomic E-state index is 0.187. The number of alkyl halides is 3. The predicted molar refractivity (Wildman–Crippen MR) is 94.0 cm³/mol. The number of para-hydroxylation sites is 1. The molecule has 2 aromatic heterocycles. The number of aromatic nitrogens is 2. The molecule has 0 spiro atoms. The van der Waals surface area contributed by atoms with Crippen LogP contribution in [0, 0.1) is 0 Å². The van der Waals surface area contributed by atoms with Crippen molar-refractivity contribution < 1.29 is 13.2 Å². The maximum Gasteiger partial charge on any atom is 0.419 e. The third kappa shape index (κ3) is 4.20. The van der Waals surface area contributed by atoms with Crippen molar-refractivity contribution in [2.45, 2.75) is 12.7 Å². The molecule has 1 aromatic carbocycles. The Hall–Kier alpha value is -2.87. The van der Waals surface area contributed by atoms with Crippen LogP contribution in [-0.2, 0) is 12.7 Å². The summed E-state index contributed by atoms with van der Waals surface area (Å²) in [7, 11) is 0. The van der Waals surface area contributed by atoms with E-state index in [9.17, 15) is 18.0 Å². The first-order valence-corrected chi connectivity index (χ1v) is 8.03. The number of H-pyrrole nitrogens is 1. The van der Waals surface area contributed by atoms with Crippen molar-refractivity contribution in [1.29, 1.82) is 0 Å². The van der Waals surface area contributed by atoms with Crippen LogP contribution in [0.1, 0.15) is 11.1 Å². The molecule has 26 heavy (non-hydrogen) atoms. The van der Waals surface area contributed by atoms with E-state index in [2.05, 4.69) is 20.6 Å². The highest BCUT2D eigenvalue weighted by Gasteiger charge is 2.33. The number of nitrogens with zero attached hydrogens (tertiary/aromatic N) is 1. The molecule has 0 fully saturated rings. The van der Waals surface area contributed by atoms with E-state index in [0.29, 0.717) is 18.7 Å². The Balaban J connectivity index is 1.56. The predicted octanol–water partition coefficient (Wildman–Crippen LogP) is 3.14. The second-order valence-electron chi connectivity index (χ2n) is 5.71. The number of pyridine rings is 2. The van der Waals surface area contributed by atoms with Crippen molar-refractivity contribution in [3.05, 3.63) is 70.1 Å². The summed E-state index contributed by atoms with van der Waals surface area (Å²) in [6, 6.07) is 11.5. The van der Waals surface area contributed by atoms with Gasteiger partial charge in [0.2, 0.25) is 0 Å². The lowest BCUT2D eigenvalue weighted by Crippen LogP contribution is -2.26. The van der Waals surface area contributed by atoms with Crippen molar-refractivity contribution in [1.82, 2.24) is 15.3 Å². The average Bonchev–Trinajstić information content (AvgIpc) is 2.61. The van der Waals surface area contributed by atoms with Gasteiger partial charge in [-0.2, -0.15) is 13.2 Å². The van der Waals surface area contributed by atoms with Crippen molar-refractivity contribution in [2.24, 2.45) is 0 Å². The molecule has 8 heteroatoms. The molecule has 0 aliphatic carbocycles. The minimum atomic E-state index is -4.46. The number of fused-ring (bicyclic) bond motifs is 1. The Kier molecular flexibility index (Phi) is 5.22. The van der Waals surface area contributed by atoms with Crippen molar-refractivity contribution in [2.75, 3.05) is 18.4 Å². The van der Waals surface area contributed by atoms with Gasteiger partial charge in [0.25, 0.3) is 5.56 Å². The molecule has 0 aliphatic heterocycles. The van der Waals surface area contributed by atoms with Crippen LogP contribution < -0.4 is 16.2 Å². The average molecular weight is 362 g/mol. The normalized spacial score (nSPS) is 11.7. The van der Waals surface area contributed by atoms with Gasteiger partial charge in [-0.15, -0.1) is 0 Å². The van der Waals surface area contributed by atoms with E-state index >= 15 is 0 Å². The molecule has 3 aromatic rings. The first-order chi connectivity index (χ1) is 12.4. The summed E-state index contributed by atoms with van der Waals surface area (Å²) in [6.07, 6.45) is -3.15. The summed E-state index contributed by atoms with van der Waals surface area (Å²) in [5, 5.41) is 6.64. The van der Waals surface area contributed by atoms with Crippen LogP contribution in [-0.4, -0.2) is 23.1 Å². The van der Waals surface area contributed by atoms with Crippen LogP contribution in [0.15, 0.2) is 53.5 Å². The van der Waals surface area contributed by atoms with Gasteiger partial charge in [0, 0.05) is 36.9 Å². The smallest absolute Gasteiger partial charge is 0.368 e. The van der Waals surface area contributed by atoms with Gasteiger partial charge >= 0.3 is 6.18 Å². The summed E-state index contributed by atoms with van der Waals surface area (Å²) in [6.45, 7) is 0.932. The van der Waals surface area contributed by atoms with E-state index in [0.717, 1.165) is 17.0 Å². The number of anilines is 1. The summed E-state index contributed by atoms with van der Waals surface area (Å²) >= 11 is 0. The zero-order valence-corrected chi connectivity index (χ0v) is 13.7. The molecular formula is C18H17F3N4O. The molecule has 0 aliphatic rings. The van der Waals surface area contributed by atoms with E-state index in [4.69, 9.17) is 0 Å². The molecule has 136 valence electrons. The zero-order chi connectivity index (χ0) is 18.6. The molecule has 0 saturated heterocycles. The van der Waals surface area contributed by atoms with Crippen molar-refractivity contribution in [3.63, 3.8) is 0 Å². The lowest BCUT2D eigenvalue weighted by molar-refractivity contribution is -0.137. The first-order valence-electron chi connectivity index (χ1n) is 8.03. The summed E-state index contributed by atoms with van der Waals surface area (Å²) in [5.74, 6) is -0.203. The molecular weight excluding hydrogens is 345 g/mol. The third-order valence-electron chi connectivity index (χ3n) is 3.85. The number of hydrogen-bond acceptors (Lipinski definition) is 4. The van der Waals surface area contributed by atoms with Gasteiger partial charge in [0.05, 0.1) is 5.56 Å². The Morgan fingerprint density at radius 1 is 1.08 bits per heavy atom. The van der Waals surface area contributed by atoms with Crippen LogP contribution in [0.25, 0.3) is 10.9 Å². The minimum Gasteiger partial charge on any atom is -0.368 e. The number of rotatable bonds is 6. The fourth-order valence-corrected chi connectivity index (χ4v) is 2.59. The maximum absolute atomic E-state index is 12.9. The number of nitrogens with one attached hydrogen (secondary N) is 3. The Morgan fingerprint density at radius 2 is 1.88 bits per heavy atom. The van der Waals surface area contributed by atoms with E-state index in [1.54, 1.807) is 6.07 Å². The number of halogens is 3. The molecule has 3 rings (SSSR count). The van der Waals surface area contributed by atoms with Crippen molar-refractivity contribution in [3.8, 4) is 0 Å². The fourth-order valence-electron chi connectivity index (χ4n) is 2.59. The van der Waals surface area contributed by atoms with Gasteiger partial charge in [-0.05, 0) is 29.7 Å². The van der Waals surface area contributed by atoms with E-state index in [1.165, 1.54) is 12.3 Å². The lowest BCUT2D eigenvalue weighted by atomic mass is 10.1. The highest BCUT2D eigenvalue weighted by molar-refractivity contribution is 5.78. The highest BCUT2D eigenvalue weighted by atomic mass is 19.4. The molecule has 0 unspecified atom stereocenters. The molecule has 0 radical (unpaired) electrons. The maximum atomic E-state index is 12.9. The number of hydrogen-bond donors (Lipinski definition) is 3. The van der Waals surface area contributed by atoms with Crippen LogP contribution in [0.4, 0.5) is 19.0 Å². The van der Waals surface area contributed by atoms with Gasteiger partial charge in [-0.25, -0.2) is 4.98 Å². The third-order valence-corrected chi connectivity index (χ3v) is 3.85. The Morgan fingerprint density at radius 3 is 2.69 bits per heavy atom. The molecule has 0 bridgehead atoms. The van der Waals surface area contributed by atoms with Crippen LogP contribution in [0.2, 0.25) is 0 Å². The number of aromatic amines is 1. The van der Waals surface area contributed by atoms with Crippen LogP contribution >= 0.6 is 0 Å². The van der Waals surface area contributed by atoms with Gasteiger partial charge in [0.1, 0.15) is 5.82 Å². The molecule has 2 heterocycles. The number of benzene rings is 1.